The number of hydrogen-bond donors (Lipinski definition) is 1. The Labute approximate surface area is 129 Å². The van der Waals surface area contributed by atoms with Crippen LogP contribution in [0.3, 0.4) is 0 Å². The average molecular weight is 292 g/mol. The third-order valence-corrected chi connectivity index (χ3v) is 5.07. The predicted molar refractivity (Wildman–Crippen MR) is 88.5 cm³/mol. The Hall–Kier alpha value is -0.870. The van der Waals surface area contributed by atoms with Crippen LogP contribution < -0.4 is 5.32 Å². The Morgan fingerprint density at radius 2 is 2.19 bits per heavy atom. The maximum absolute atomic E-state index is 4.32. The van der Waals surface area contributed by atoms with E-state index in [0.29, 0.717) is 12.1 Å². The maximum atomic E-state index is 4.32. The number of nitrogens with one attached hydrogen (secondary N) is 1. The Morgan fingerprint density at radius 1 is 1.38 bits per heavy atom. The van der Waals surface area contributed by atoms with Crippen molar-refractivity contribution in [3.63, 3.8) is 0 Å². The van der Waals surface area contributed by atoms with Gasteiger partial charge in [-0.05, 0) is 19.3 Å². The molecule has 3 atom stereocenters. The van der Waals surface area contributed by atoms with Crippen molar-refractivity contribution >= 4 is 0 Å². The molecule has 0 amide bonds. The molecule has 1 aliphatic heterocycles. The van der Waals surface area contributed by atoms with Gasteiger partial charge in [0.2, 0.25) is 0 Å². The van der Waals surface area contributed by atoms with Gasteiger partial charge in [-0.1, -0.05) is 33.6 Å². The second kappa shape index (κ2) is 7.95. The molecule has 0 aromatic carbocycles. The van der Waals surface area contributed by atoms with Crippen LogP contribution in [0.15, 0.2) is 12.4 Å². The predicted octanol–water partition coefficient (Wildman–Crippen LogP) is 2.68. The zero-order chi connectivity index (χ0) is 15.2. The smallest absolute Gasteiger partial charge is 0.105 e. The number of imidazole rings is 1. The van der Waals surface area contributed by atoms with E-state index in [1.54, 1.807) is 0 Å². The van der Waals surface area contributed by atoms with Crippen LogP contribution in [0.4, 0.5) is 0 Å². The Balaban J connectivity index is 1.95. The number of aryl methyl sites for hydroxylation is 1. The zero-order valence-corrected chi connectivity index (χ0v) is 14.2. The highest BCUT2D eigenvalue weighted by Crippen LogP contribution is 2.18. The van der Waals surface area contributed by atoms with Crippen molar-refractivity contribution in [3.05, 3.63) is 18.2 Å². The van der Waals surface area contributed by atoms with Crippen LogP contribution in [-0.2, 0) is 6.54 Å². The molecule has 0 bridgehead atoms. The van der Waals surface area contributed by atoms with Crippen LogP contribution >= 0.6 is 0 Å². The standard InChI is InChI=1S/C17H32N4/c1-5-7-16-12-19-17(14(3)6-2)13-21(16)11-10-20-9-8-18-15(20)4/h8-9,14,16-17,19H,5-7,10-13H2,1-4H3. The number of piperazine rings is 1. The second-order valence-electron chi connectivity index (χ2n) is 6.51. The van der Waals surface area contributed by atoms with E-state index < -0.39 is 0 Å². The molecule has 2 heterocycles. The fraction of sp³-hybridized carbons (Fsp3) is 0.824. The minimum atomic E-state index is 0.645. The van der Waals surface area contributed by atoms with Crippen LogP contribution in [0.25, 0.3) is 0 Å². The molecule has 1 aromatic rings. The van der Waals surface area contributed by atoms with Crippen molar-refractivity contribution in [2.75, 3.05) is 19.6 Å². The first kappa shape index (κ1) is 16.5. The van der Waals surface area contributed by atoms with E-state index >= 15 is 0 Å². The number of aromatic nitrogens is 2. The summed E-state index contributed by atoms with van der Waals surface area (Å²) in [6.45, 7) is 13.6. The van der Waals surface area contributed by atoms with E-state index in [-0.39, 0.29) is 0 Å². The first-order valence-corrected chi connectivity index (χ1v) is 8.60. The molecule has 0 saturated carbocycles. The van der Waals surface area contributed by atoms with Crippen LogP contribution in [0.1, 0.15) is 45.9 Å². The van der Waals surface area contributed by atoms with E-state index in [9.17, 15) is 0 Å². The van der Waals surface area contributed by atoms with E-state index in [2.05, 4.69) is 53.7 Å². The second-order valence-corrected chi connectivity index (χ2v) is 6.51. The normalized spacial score (nSPS) is 25.1. The molecule has 2 rings (SSSR count). The molecule has 0 spiro atoms. The van der Waals surface area contributed by atoms with Crippen LogP contribution in [0.5, 0.6) is 0 Å². The Bertz CT molecular complexity index is 415. The molecule has 1 saturated heterocycles. The summed E-state index contributed by atoms with van der Waals surface area (Å²) in [4.78, 5) is 7.03. The van der Waals surface area contributed by atoms with E-state index in [1.165, 1.54) is 25.8 Å². The zero-order valence-electron chi connectivity index (χ0n) is 14.2. The molecule has 0 radical (unpaired) electrons. The molecule has 120 valence electrons. The molecule has 1 fully saturated rings. The van der Waals surface area contributed by atoms with Gasteiger partial charge >= 0.3 is 0 Å². The minimum Gasteiger partial charge on any atom is -0.334 e. The molecular weight excluding hydrogens is 260 g/mol. The largest absolute Gasteiger partial charge is 0.334 e. The van der Waals surface area contributed by atoms with Gasteiger partial charge in [-0.15, -0.1) is 0 Å². The van der Waals surface area contributed by atoms with Crippen molar-refractivity contribution in [1.29, 1.82) is 0 Å². The molecule has 3 unspecified atom stereocenters. The summed E-state index contributed by atoms with van der Waals surface area (Å²) in [5.41, 5.74) is 0. The van der Waals surface area contributed by atoms with Crippen molar-refractivity contribution < 1.29 is 0 Å². The van der Waals surface area contributed by atoms with Gasteiger partial charge in [0, 0.05) is 50.7 Å². The monoisotopic (exact) mass is 292 g/mol. The summed E-state index contributed by atoms with van der Waals surface area (Å²) in [6, 6.07) is 1.34. The Kier molecular flexibility index (Phi) is 6.24. The number of nitrogens with zero attached hydrogens (tertiary/aromatic N) is 3. The molecule has 1 aliphatic rings. The highest BCUT2D eigenvalue weighted by Gasteiger charge is 2.29. The molecule has 1 aromatic heterocycles. The lowest BCUT2D eigenvalue weighted by Gasteiger charge is -2.42. The fourth-order valence-electron chi connectivity index (χ4n) is 3.32. The average Bonchev–Trinajstić information content (AvgIpc) is 2.91. The van der Waals surface area contributed by atoms with Crippen LogP contribution in [0, 0.1) is 12.8 Å². The van der Waals surface area contributed by atoms with E-state index in [1.807, 2.05) is 6.20 Å². The van der Waals surface area contributed by atoms with Gasteiger partial charge in [-0.3, -0.25) is 4.90 Å². The van der Waals surface area contributed by atoms with Gasteiger partial charge in [0.1, 0.15) is 5.82 Å². The molecule has 4 nitrogen and oxygen atoms in total. The Morgan fingerprint density at radius 3 is 2.81 bits per heavy atom. The number of hydrogen-bond acceptors (Lipinski definition) is 3. The first-order valence-electron chi connectivity index (χ1n) is 8.60. The van der Waals surface area contributed by atoms with Crippen molar-refractivity contribution in [3.8, 4) is 0 Å². The van der Waals surface area contributed by atoms with Gasteiger partial charge in [0.05, 0.1) is 0 Å². The summed E-state index contributed by atoms with van der Waals surface area (Å²) >= 11 is 0. The van der Waals surface area contributed by atoms with Gasteiger partial charge in [-0.2, -0.15) is 0 Å². The molecule has 0 aliphatic carbocycles. The van der Waals surface area contributed by atoms with E-state index in [0.717, 1.165) is 31.4 Å². The quantitative estimate of drug-likeness (QED) is 0.839. The highest BCUT2D eigenvalue weighted by atomic mass is 15.2. The lowest BCUT2D eigenvalue weighted by Crippen LogP contribution is -2.58. The lowest BCUT2D eigenvalue weighted by molar-refractivity contribution is 0.0990. The van der Waals surface area contributed by atoms with E-state index in [4.69, 9.17) is 0 Å². The fourth-order valence-corrected chi connectivity index (χ4v) is 3.32. The van der Waals surface area contributed by atoms with Crippen molar-refractivity contribution in [1.82, 2.24) is 19.8 Å². The van der Waals surface area contributed by atoms with Crippen molar-refractivity contribution in [2.24, 2.45) is 5.92 Å². The van der Waals surface area contributed by atoms with Crippen LogP contribution in [0.2, 0.25) is 0 Å². The SMILES string of the molecule is CCCC1CNC(C(C)CC)CN1CCn1ccnc1C. The van der Waals surface area contributed by atoms with Gasteiger partial charge in [-0.25, -0.2) is 4.98 Å². The summed E-state index contributed by atoms with van der Waals surface area (Å²) < 4.78 is 2.27. The maximum Gasteiger partial charge on any atom is 0.105 e. The third-order valence-electron chi connectivity index (χ3n) is 5.07. The van der Waals surface area contributed by atoms with Crippen molar-refractivity contribution in [2.45, 2.75) is 65.6 Å². The molecule has 21 heavy (non-hydrogen) atoms. The highest BCUT2D eigenvalue weighted by molar-refractivity contribution is 4.91. The molecule has 4 heteroatoms. The van der Waals surface area contributed by atoms with Gasteiger partial charge in [0.15, 0.2) is 0 Å². The first-order chi connectivity index (χ1) is 10.2. The van der Waals surface area contributed by atoms with Gasteiger partial charge < -0.3 is 9.88 Å². The third kappa shape index (κ3) is 4.30. The summed E-state index contributed by atoms with van der Waals surface area (Å²) in [5, 5.41) is 3.78. The molecule has 1 N–H and O–H groups in total. The number of rotatable bonds is 7. The topological polar surface area (TPSA) is 33.1 Å². The molecular formula is C17H32N4. The minimum absolute atomic E-state index is 0.645. The van der Waals surface area contributed by atoms with Gasteiger partial charge in [0.25, 0.3) is 0 Å². The lowest BCUT2D eigenvalue weighted by atomic mass is 9.94. The summed E-state index contributed by atoms with van der Waals surface area (Å²) in [6.07, 6.45) is 7.81. The summed E-state index contributed by atoms with van der Waals surface area (Å²) in [5.74, 6) is 1.88. The summed E-state index contributed by atoms with van der Waals surface area (Å²) in [7, 11) is 0. The van der Waals surface area contributed by atoms with Crippen LogP contribution in [-0.4, -0.2) is 46.2 Å².